The van der Waals surface area contributed by atoms with Crippen LogP contribution in [0.15, 0.2) is 22.7 Å². The van der Waals surface area contributed by atoms with Crippen LogP contribution in [0.1, 0.15) is 25.8 Å². The second-order valence-electron chi connectivity index (χ2n) is 4.79. The Morgan fingerprint density at radius 3 is 2.79 bits per heavy atom. The number of rotatable bonds is 3. The molecule has 2 aromatic rings. The van der Waals surface area contributed by atoms with Gasteiger partial charge in [0, 0.05) is 5.56 Å². The molecule has 6 heteroatoms. The lowest BCUT2D eigenvalue weighted by Gasteiger charge is -2.09. The van der Waals surface area contributed by atoms with E-state index < -0.39 is 0 Å². The van der Waals surface area contributed by atoms with E-state index in [9.17, 15) is 0 Å². The topological polar surface area (TPSA) is 83.4 Å². The van der Waals surface area contributed by atoms with Gasteiger partial charge in [0.15, 0.2) is 11.5 Å². The molecule has 1 unspecified atom stereocenters. The Kier molecular flexibility index (Phi) is 2.87. The molecule has 19 heavy (non-hydrogen) atoms. The summed E-state index contributed by atoms with van der Waals surface area (Å²) in [5, 5.41) is 3.95. The van der Waals surface area contributed by atoms with Crippen LogP contribution in [0.2, 0.25) is 0 Å². The fourth-order valence-corrected chi connectivity index (χ4v) is 1.81. The van der Waals surface area contributed by atoms with Crippen LogP contribution in [0.3, 0.4) is 0 Å². The highest BCUT2D eigenvalue weighted by atomic mass is 16.7. The van der Waals surface area contributed by atoms with Crippen LogP contribution in [-0.2, 0) is 0 Å². The summed E-state index contributed by atoms with van der Waals surface area (Å²) < 4.78 is 15.8. The lowest BCUT2D eigenvalue weighted by Crippen LogP contribution is -2.16. The molecule has 0 saturated heterocycles. The Morgan fingerprint density at radius 2 is 2.00 bits per heavy atom. The third kappa shape index (κ3) is 2.15. The highest BCUT2D eigenvalue weighted by molar-refractivity contribution is 5.61. The predicted octanol–water partition coefficient (Wildman–Crippen LogP) is 2.12. The van der Waals surface area contributed by atoms with E-state index in [0.717, 1.165) is 11.3 Å². The first kappa shape index (κ1) is 12.0. The van der Waals surface area contributed by atoms with E-state index in [1.54, 1.807) is 0 Å². The maximum Gasteiger partial charge on any atom is 0.244 e. The summed E-state index contributed by atoms with van der Waals surface area (Å²) in [5.74, 6) is 2.61. The summed E-state index contributed by atoms with van der Waals surface area (Å²) >= 11 is 0. The van der Waals surface area contributed by atoms with Gasteiger partial charge in [-0.1, -0.05) is 19.0 Å². The lowest BCUT2D eigenvalue weighted by atomic mass is 10.1. The second-order valence-corrected chi connectivity index (χ2v) is 4.79. The zero-order valence-electron chi connectivity index (χ0n) is 10.8. The normalized spacial score (nSPS) is 14.9. The first-order valence-corrected chi connectivity index (χ1v) is 6.14. The third-order valence-electron chi connectivity index (χ3n) is 3.08. The number of hydrogen-bond acceptors (Lipinski definition) is 6. The van der Waals surface area contributed by atoms with Gasteiger partial charge >= 0.3 is 0 Å². The zero-order chi connectivity index (χ0) is 13.4. The molecule has 3 rings (SSSR count). The fourth-order valence-electron chi connectivity index (χ4n) is 1.81. The number of nitrogens with zero attached hydrogens (tertiary/aromatic N) is 2. The van der Waals surface area contributed by atoms with Gasteiger partial charge in [-0.05, 0) is 24.1 Å². The summed E-state index contributed by atoms with van der Waals surface area (Å²) in [4.78, 5) is 4.33. The van der Waals surface area contributed by atoms with E-state index in [1.165, 1.54) is 0 Å². The first-order valence-electron chi connectivity index (χ1n) is 6.14. The van der Waals surface area contributed by atoms with Gasteiger partial charge in [-0.2, -0.15) is 4.98 Å². The molecule has 0 spiro atoms. The molecule has 0 aliphatic carbocycles. The van der Waals surface area contributed by atoms with Crippen molar-refractivity contribution in [3.8, 4) is 22.9 Å². The highest BCUT2D eigenvalue weighted by Crippen LogP contribution is 2.35. The molecule has 0 amide bonds. The molecule has 6 nitrogen and oxygen atoms in total. The van der Waals surface area contributed by atoms with Crippen LogP contribution < -0.4 is 15.2 Å². The molecule has 0 bridgehead atoms. The largest absolute Gasteiger partial charge is 0.454 e. The van der Waals surface area contributed by atoms with E-state index in [1.807, 2.05) is 32.0 Å². The van der Waals surface area contributed by atoms with Gasteiger partial charge in [-0.15, -0.1) is 0 Å². The lowest BCUT2D eigenvalue weighted by molar-refractivity contribution is 0.174. The van der Waals surface area contributed by atoms with Crippen LogP contribution in [0, 0.1) is 5.92 Å². The number of aromatic nitrogens is 2. The van der Waals surface area contributed by atoms with Crippen molar-refractivity contribution in [2.45, 2.75) is 19.9 Å². The zero-order valence-corrected chi connectivity index (χ0v) is 10.8. The molecule has 1 aliphatic heterocycles. The van der Waals surface area contributed by atoms with Crippen molar-refractivity contribution >= 4 is 0 Å². The van der Waals surface area contributed by atoms with Crippen molar-refractivity contribution in [2.75, 3.05) is 6.79 Å². The molecule has 100 valence electrons. The molecule has 0 radical (unpaired) electrons. The van der Waals surface area contributed by atoms with E-state index in [2.05, 4.69) is 10.1 Å². The molecule has 2 heterocycles. The van der Waals surface area contributed by atoms with Gasteiger partial charge in [-0.3, -0.25) is 0 Å². The van der Waals surface area contributed by atoms with E-state index in [0.29, 0.717) is 17.5 Å². The fraction of sp³-hybridized carbons (Fsp3) is 0.385. The molecule has 0 fully saturated rings. The average Bonchev–Trinajstić information content (AvgIpc) is 3.05. The Bertz CT molecular complexity index is 595. The summed E-state index contributed by atoms with van der Waals surface area (Å²) in [6, 6.07) is 5.27. The minimum absolute atomic E-state index is 0.241. The van der Waals surface area contributed by atoms with E-state index in [4.69, 9.17) is 19.7 Å². The van der Waals surface area contributed by atoms with Crippen LogP contribution in [0.4, 0.5) is 0 Å². The Hall–Kier alpha value is -2.08. The average molecular weight is 261 g/mol. The monoisotopic (exact) mass is 261 g/mol. The second kappa shape index (κ2) is 4.55. The van der Waals surface area contributed by atoms with Crippen molar-refractivity contribution in [2.24, 2.45) is 11.7 Å². The number of fused-ring (bicyclic) bond motifs is 1. The molecule has 1 aromatic carbocycles. The minimum Gasteiger partial charge on any atom is -0.454 e. The van der Waals surface area contributed by atoms with Crippen molar-refractivity contribution in [3.63, 3.8) is 0 Å². The van der Waals surface area contributed by atoms with Crippen LogP contribution in [-0.4, -0.2) is 16.9 Å². The summed E-state index contributed by atoms with van der Waals surface area (Å²) in [6.07, 6.45) is 0. The molecular weight excluding hydrogens is 246 g/mol. The third-order valence-corrected chi connectivity index (χ3v) is 3.08. The summed E-state index contributed by atoms with van der Waals surface area (Å²) in [5.41, 5.74) is 6.79. The molecule has 1 aromatic heterocycles. The van der Waals surface area contributed by atoms with Gasteiger partial charge in [-0.25, -0.2) is 0 Å². The minimum atomic E-state index is -0.254. The maximum atomic E-state index is 5.98. The van der Waals surface area contributed by atoms with Crippen LogP contribution >= 0.6 is 0 Å². The van der Waals surface area contributed by atoms with Gasteiger partial charge < -0.3 is 19.7 Å². The molecule has 0 saturated carbocycles. The number of benzene rings is 1. The number of nitrogens with two attached hydrogens (primary N) is 1. The smallest absolute Gasteiger partial charge is 0.244 e. The van der Waals surface area contributed by atoms with Gasteiger partial charge in [0.2, 0.25) is 18.5 Å². The standard InChI is InChI=1S/C13H15N3O3/c1-7(2)11(14)13-15-12(16-19-13)8-3-4-9-10(5-8)18-6-17-9/h3-5,7,11H,6,14H2,1-2H3. The number of hydrogen-bond donors (Lipinski definition) is 1. The first-order chi connectivity index (χ1) is 9.15. The molecular formula is C13H15N3O3. The van der Waals surface area contributed by atoms with Crippen molar-refractivity contribution in [1.29, 1.82) is 0 Å². The van der Waals surface area contributed by atoms with Crippen molar-refractivity contribution in [1.82, 2.24) is 10.1 Å². The Morgan fingerprint density at radius 1 is 1.21 bits per heavy atom. The van der Waals surface area contributed by atoms with Gasteiger partial charge in [0.1, 0.15) is 0 Å². The Labute approximate surface area is 110 Å². The van der Waals surface area contributed by atoms with Crippen molar-refractivity contribution in [3.05, 3.63) is 24.1 Å². The van der Waals surface area contributed by atoms with Gasteiger partial charge in [0.25, 0.3) is 0 Å². The summed E-state index contributed by atoms with van der Waals surface area (Å²) in [6.45, 7) is 4.26. The molecule has 1 aliphatic rings. The molecule has 1 atom stereocenters. The maximum absolute atomic E-state index is 5.98. The van der Waals surface area contributed by atoms with Crippen molar-refractivity contribution < 1.29 is 14.0 Å². The summed E-state index contributed by atoms with van der Waals surface area (Å²) in [7, 11) is 0. The Balaban J connectivity index is 1.90. The van der Waals surface area contributed by atoms with E-state index >= 15 is 0 Å². The highest BCUT2D eigenvalue weighted by Gasteiger charge is 2.20. The number of ether oxygens (including phenoxy) is 2. The van der Waals surface area contributed by atoms with Crippen LogP contribution in [0.5, 0.6) is 11.5 Å². The van der Waals surface area contributed by atoms with Crippen LogP contribution in [0.25, 0.3) is 11.4 Å². The van der Waals surface area contributed by atoms with E-state index in [-0.39, 0.29) is 18.8 Å². The quantitative estimate of drug-likeness (QED) is 0.911. The molecule has 2 N–H and O–H groups in total. The SMILES string of the molecule is CC(C)C(N)c1nc(-c2ccc3c(c2)OCO3)no1. The predicted molar refractivity (Wildman–Crippen MR) is 67.6 cm³/mol. The van der Waals surface area contributed by atoms with Gasteiger partial charge in [0.05, 0.1) is 6.04 Å².